The molecule has 364 valence electrons. The number of benzene rings is 1. The summed E-state index contributed by atoms with van der Waals surface area (Å²) in [4.78, 5) is 121. The lowest BCUT2D eigenvalue weighted by atomic mass is 9.94. The second kappa shape index (κ2) is 26.6. The van der Waals surface area contributed by atoms with Crippen molar-refractivity contribution in [1.29, 1.82) is 0 Å². The maximum absolute atomic E-state index is 13.9. The summed E-state index contributed by atoms with van der Waals surface area (Å²) < 4.78 is 10.7. The molecule has 0 saturated carbocycles. The predicted molar refractivity (Wildman–Crippen MR) is 245 cm³/mol. The van der Waals surface area contributed by atoms with E-state index in [2.05, 4.69) is 38.5 Å². The Labute approximate surface area is 387 Å². The molecule has 0 spiro atoms. The molecule has 66 heavy (non-hydrogen) atoms. The Morgan fingerprint density at radius 2 is 1.41 bits per heavy atom. The summed E-state index contributed by atoms with van der Waals surface area (Å²) >= 11 is 0. The second-order valence-corrected chi connectivity index (χ2v) is 17.2. The van der Waals surface area contributed by atoms with E-state index in [0.29, 0.717) is 6.42 Å². The maximum atomic E-state index is 13.9. The van der Waals surface area contributed by atoms with Gasteiger partial charge in [-0.2, -0.15) is 0 Å². The van der Waals surface area contributed by atoms with Crippen LogP contribution in [-0.4, -0.2) is 127 Å². The van der Waals surface area contributed by atoms with E-state index in [0.717, 1.165) is 23.1 Å². The molecule has 0 radical (unpaired) electrons. The van der Waals surface area contributed by atoms with Gasteiger partial charge in [0.1, 0.15) is 35.9 Å². The van der Waals surface area contributed by atoms with E-state index in [1.54, 1.807) is 33.1 Å². The quantitative estimate of drug-likeness (QED) is 0.0950. The van der Waals surface area contributed by atoms with Gasteiger partial charge in [-0.1, -0.05) is 95.3 Å². The molecule has 1 fully saturated rings. The van der Waals surface area contributed by atoms with Crippen molar-refractivity contribution in [2.45, 2.75) is 123 Å². The number of rotatable bonds is 11. The molecular weight excluding hydrogens is 855 g/mol. The van der Waals surface area contributed by atoms with E-state index in [4.69, 9.17) is 9.47 Å². The van der Waals surface area contributed by atoms with Gasteiger partial charge in [0.25, 0.3) is 5.91 Å². The number of methoxy groups -OCH3 is 2. The molecule has 1 aliphatic rings. The molecule has 19 nitrogen and oxygen atoms in total. The van der Waals surface area contributed by atoms with Crippen molar-refractivity contribution in [3.05, 3.63) is 72.0 Å². The minimum atomic E-state index is -1.81. The summed E-state index contributed by atoms with van der Waals surface area (Å²) in [6, 6.07) is 1.73. The number of nitrogens with one attached hydrogen (secondary N) is 6. The van der Waals surface area contributed by atoms with Crippen LogP contribution in [0, 0.1) is 23.7 Å². The van der Waals surface area contributed by atoms with Crippen LogP contribution in [0.2, 0.25) is 0 Å². The van der Waals surface area contributed by atoms with E-state index in [1.165, 1.54) is 34.7 Å². The van der Waals surface area contributed by atoms with Crippen molar-refractivity contribution < 1.29 is 57.7 Å². The van der Waals surface area contributed by atoms with Crippen LogP contribution >= 0.6 is 0 Å². The number of hydrogen-bond donors (Lipinski definition) is 7. The molecule has 1 aromatic rings. The number of hydrogen-bond acceptors (Lipinski definition) is 11. The van der Waals surface area contributed by atoms with Crippen molar-refractivity contribution in [2.24, 2.45) is 23.7 Å². The minimum absolute atomic E-state index is 0.0422. The summed E-state index contributed by atoms with van der Waals surface area (Å²) in [5.74, 6) is -11.0. The van der Waals surface area contributed by atoms with Gasteiger partial charge in [0.15, 0.2) is 0 Å². The molecular formula is C47H69N7O12. The van der Waals surface area contributed by atoms with Crippen LogP contribution in [0.5, 0.6) is 0 Å². The van der Waals surface area contributed by atoms with Crippen LogP contribution in [0.25, 0.3) is 0 Å². The van der Waals surface area contributed by atoms with E-state index in [1.807, 2.05) is 50.3 Å². The topological polar surface area (TPSA) is 268 Å². The summed E-state index contributed by atoms with van der Waals surface area (Å²) in [6.45, 7) is 16.4. The van der Waals surface area contributed by atoms with Gasteiger partial charge in [-0.3, -0.25) is 33.6 Å². The fourth-order valence-electron chi connectivity index (χ4n) is 6.95. The average Bonchev–Trinajstić information content (AvgIpc) is 3.27. The maximum Gasteiger partial charge on any atom is 0.328 e. The molecule has 1 aliphatic heterocycles. The molecule has 2 rings (SSSR count). The van der Waals surface area contributed by atoms with Crippen molar-refractivity contribution in [3.8, 4) is 0 Å². The van der Waals surface area contributed by atoms with Gasteiger partial charge in [0.2, 0.25) is 35.4 Å². The lowest BCUT2D eigenvalue weighted by Gasteiger charge is -2.28. The molecule has 0 aromatic heterocycles. The van der Waals surface area contributed by atoms with Crippen LogP contribution in [0.1, 0.15) is 80.2 Å². The fraction of sp³-hybridized carbons (Fsp3) is 0.553. The van der Waals surface area contributed by atoms with Crippen LogP contribution in [0.3, 0.4) is 0 Å². The number of aliphatic carboxylic acids is 1. The molecule has 0 bridgehead atoms. The molecule has 1 aromatic carbocycles. The molecule has 10 atom stereocenters. The Hall–Kier alpha value is -6.37. The number of amides is 7. The van der Waals surface area contributed by atoms with Gasteiger partial charge in [-0.15, -0.1) is 0 Å². The SMILES string of the molecule is C=C1C(=O)N[C@H](C)C(=O)N[C@@H](CC(C)C)C(=O)N[C@@H](C(=O)O)[C@H](C)C(=O)N[C@@H](C)C(=O)N[C@@H](/C=C/C(C)=C/[C@H](C)[C@H](Cc2ccccc2)OC)[C@H](C)C(=O)N[C@@H](C(=O)OC)CCC(=O)N1C. The first kappa shape index (κ1) is 55.8. The second-order valence-electron chi connectivity index (χ2n) is 17.2. The van der Waals surface area contributed by atoms with Crippen molar-refractivity contribution in [1.82, 2.24) is 36.8 Å². The zero-order chi connectivity index (χ0) is 50.0. The number of carboxylic acid groups (broad SMARTS) is 1. The van der Waals surface area contributed by atoms with Crippen molar-refractivity contribution >= 4 is 53.3 Å². The third kappa shape index (κ3) is 17.2. The molecule has 19 heteroatoms. The Kier molecular flexibility index (Phi) is 22.4. The predicted octanol–water partition coefficient (Wildman–Crippen LogP) is 1.67. The highest BCUT2D eigenvalue weighted by atomic mass is 16.5. The van der Waals surface area contributed by atoms with Gasteiger partial charge in [0.05, 0.1) is 31.1 Å². The molecule has 1 heterocycles. The zero-order valence-corrected chi connectivity index (χ0v) is 39.9. The zero-order valence-electron chi connectivity index (χ0n) is 39.9. The van der Waals surface area contributed by atoms with Crippen LogP contribution in [-0.2, 0) is 59.0 Å². The first-order valence-electron chi connectivity index (χ1n) is 21.9. The number of likely N-dealkylation sites (N-methyl/N-ethyl adjacent to an activating group) is 1. The van der Waals surface area contributed by atoms with E-state index >= 15 is 0 Å². The highest BCUT2D eigenvalue weighted by Gasteiger charge is 2.37. The monoisotopic (exact) mass is 924 g/mol. The summed E-state index contributed by atoms with van der Waals surface area (Å²) in [7, 11) is 3.99. The van der Waals surface area contributed by atoms with Crippen molar-refractivity contribution in [3.63, 3.8) is 0 Å². The number of ether oxygens (including phenoxy) is 2. The van der Waals surface area contributed by atoms with Gasteiger partial charge in [-0.05, 0) is 51.5 Å². The third-order valence-corrected chi connectivity index (χ3v) is 11.3. The summed E-state index contributed by atoms with van der Waals surface area (Å²) in [5.41, 5.74) is 1.48. The number of carboxylic acids is 1. The van der Waals surface area contributed by atoms with Crippen LogP contribution < -0.4 is 31.9 Å². The third-order valence-electron chi connectivity index (χ3n) is 11.3. The first-order chi connectivity index (χ1) is 30.9. The van der Waals surface area contributed by atoms with Gasteiger partial charge < -0.3 is 51.4 Å². The largest absolute Gasteiger partial charge is 0.480 e. The van der Waals surface area contributed by atoms with Gasteiger partial charge in [-0.25, -0.2) is 9.59 Å². The van der Waals surface area contributed by atoms with Gasteiger partial charge in [0, 0.05) is 26.5 Å². The van der Waals surface area contributed by atoms with Crippen LogP contribution in [0.15, 0.2) is 66.4 Å². The normalized spacial score (nSPS) is 26.4. The molecule has 7 amide bonds. The molecule has 7 N–H and O–H groups in total. The minimum Gasteiger partial charge on any atom is -0.480 e. The molecule has 0 unspecified atom stereocenters. The molecule has 0 aliphatic carbocycles. The Morgan fingerprint density at radius 1 is 0.818 bits per heavy atom. The standard InChI is InChI=1S/C47H69N7O12/c1-25(2)22-36-45(61)53-39(46(62)63)29(6)41(57)48-30(7)42(58)50-34(19-18-26(3)23-27(4)37(65-11)24-33-16-14-13-15-17-33)28(5)40(56)51-35(47(64)66-12)20-21-38(55)54(10)32(9)44(60)49-31(8)43(59)52-36/h13-19,23,25,27-31,34-37,39H,9,20-22,24H2,1-8,10-12H3,(H,48,57)(H,49,60)(H,50,58)(H,51,56)(H,52,59)(H,53,61)(H,62,63)/b19-18+,26-23+/t27-,28-,29-,30-,31+,34-,35+,36-,37-,39+/m0/s1. The summed E-state index contributed by atoms with van der Waals surface area (Å²) in [5, 5.41) is 25.3. The lowest BCUT2D eigenvalue weighted by Crippen LogP contribution is -2.58. The molecule has 1 saturated heterocycles. The first-order valence-corrected chi connectivity index (χ1v) is 21.9. The average molecular weight is 924 g/mol. The van der Waals surface area contributed by atoms with Crippen LogP contribution in [0.4, 0.5) is 0 Å². The van der Waals surface area contributed by atoms with E-state index < -0.39 is 101 Å². The smallest absolute Gasteiger partial charge is 0.328 e. The Bertz CT molecular complexity index is 1990. The van der Waals surface area contributed by atoms with E-state index in [-0.39, 0.29) is 42.9 Å². The van der Waals surface area contributed by atoms with Crippen molar-refractivity contribution in [2.75, 3.05) is 21.3 Å². The number of allylic oxidation sites excluding steroid dienone is 2. The number of nitrogens with zero attached hydrogens (tertiary/aromatic N) is 1. The highest BCUT2D eigenvalue weighted by molar-refractivity contribution is 6.00. The Morgan fingerprint density at radius 3 is 1.98 bits per heavy atom. The number of carbonyl (C=O) groups is 9. The highest BCUT2D eigenvalue weighted by Crippen LogP contribution is 2.19. The lowest BCUT2D eigenvalue weighted by molar-refractivity contribution is -0.147. The Balaban J connectivity index is 2.60. The number of carbonyl (C=O) groups excluding carboxylic acids is 8. The van der Waals surface area contributed by atoms with E-state index in [9.17, 15) is 48.3 Å². The fourth-order valence-corrected chi connectivity index (χ4v) is 6.95. The summed E-state index contributed by atoms with van der Waals surface area (Å²) in [6.07, 6.45) is 5.12. The number of esters is 1. The van der Waals surface area contributed by atoms with Gasteiger partial charge >= 0.3 is 11.9 Å².